The van der Waals surface area contributed by atoms with Gasteiger partial charge in [-0.1, -0.05) is 6.92 Å². The molecule has 2 amide bonds. The van der Waals surface area contributed by atoms with Crippen molar-refractivity contribution in [2.24, 2.45) is 5.92 Å². The quantitative estimate of drug-likeness (QED) is 0.777. The molecule has 0 radical (unpaired) electrons. The molecule has 20 heavy (non-hydrogen) atoms. The first-order valence-electron chi connectivity index (χ1n) is 7.47. The zero-order valence-corrected chi connectivity index (χ0v) is 12.4. The van der Waals surface area contributed by atoms with Crippen LogP contribution in [0.15, 0.2) is 0 Å². The van der Waals surface area contributed by atoms with Crippen LogP contribution in [-0.2, 0) is 4.79 Å². The Bertz CT molecular complexity index is 375. The van der Waals surface area contributed by atoms with Gasteiger partial charge in [-0.3, -0.25) is 0 Å². The van der Waals surface area contributed by atoms with E-state index in [1.807, 2.05) is 11.8 Å². The molecule has 0 bridgehead atoms. The third-order valence-corrected chi connectivity index (χ3v) is 4.42. The van der Waals surface area contributed by atoms with E-state index in [1.54, 1.807) is 4.90 Å². The van der Waals surface area contributed by atoms with Crippen LogP contribution in [0.1, 0.15) is 26.2 Å². The normalized spacial score (nSPS) is 29.1. The van der Waals surface area contributed by atoms with Crippen molar-refractivity contribution in [3.63, 3.8) is 0 Å². The number of nitrogens with zero attached hydrogens (tertiary/aromatic N) is 3. The predicted octanol–water partition coefficient (Wildman–Crippen LogP) is 0.929. The highest BCUT2D eigenvalue weighted by molar-refractivity contribution is 5.83. The molecular weight excluding hydrogens is 258 g/mol. The Labute approximate surface area is 120 Å². The van der Waals surface area contributed by atoms with Crippen LogP contribution in [0.4, 0.5) is 4.79 Å². The lowest BCUT2D eigenvalue weighted by atomic mass is 9.91. The smallest absolute Gasteiger partial charge is 0.326 e. The average Bonchev–Trinajstić information content (AvgIpc) is 2.62. The van der Waals surface area contributed by atoms with Gasteiger partial charge in [0.1, 0.15) is 6.04 Å². The van der Waals surface area contributed by atoms with Gasteiger partial charge in [0.15, 0.2) is 0 Å². The van der Waals surface area contributed by atoms with Crippen molar-refractivity contribution in [3.8, 4) is 0 Å². The van der Waals surface area contributed by atoms with Gasteiger partial charge in [-0.2, -0.15) is 0 Å². The maximum atomic E-state index is 12.6. The van der Waals surface area contributed by atoms with Crippen molar-refractivity contribution in [2.75, 3.05) is 39.8 Å². The first-order valence-corrected chi connectivity index (χ1v) is 7.47. The van der Waals surface area contributed by atoms with Crippen molar-refractivity contribution in [1.29, 1.82) is 0 Å². The number of likely N-dealkylation sites (N-methyl/N-ethyl adjacent to an activating group) is 1. The number of rotatable bonds is 1. The Kier molecular flexibility index (Phi) is 4.86. The van der Waals surface area contributed by atoms with E-state index < -0.39 is 12.0 Å². The van der Waals surface area contributed by atoms with Crippen LogP contribution in [0.2, 0.25) is 0 Å². The molecule has 2 unspecified atom stereocenters. The first kappa shape index (κ1) is 15.1. The molecule has 2 aliphatic heterocycles. The van der Waals surface area contributed by atoms with Crippen LogP contribution in [0.3, 0.4) is 0 Å². The Morgan fingerprint density at radius 2 is 1.80 bits per heavy atom. The van der Waals surface area contributed by atoms with Crippen LogP contribution >= 0.6 is 0 Å². The van der Waals surface area contributed by atoms with Crippen molar-refractivity contribution in [3.05, 3.63) is 0 Å². The van der Waals surface area contributed by atoms with Gasteiger partial charge >= 0.3 is 12.0 Å². The fourth-order valence-electron chi connectivity index (χ4n) is 3.20. The van der Waals surface area contributed by atoms with Gasteiger partial charge in [0.25, 0.3) is 0 Å². The molecular formula is C14H25N3O3. The molecule has 2 heterocycles. The van der Waals surface area contributed by atoms with Gasteiger partial charge in [0, 0.05) is 26.2 Å². The minimum Gasteiger partial charge on any atom is -0.480 e. The standard InChI is InChI=1S/C14H25N3O3/c1-11-5-3-8-17(12(11)13(18)19)14(20)16-7-4-6-15(2)9-10-16/h11-12H,3-10H2,1-2H3,(H,18,19). The fourth-order valence-corrected chi connectivity index (χ4v) is 3.20. The van der Waals surface area contributed by atoms with Gasteiger partial charge in [-0.05, 0) is 38.8 Å². The van der Waals surface area contributed by atoms with E-state index in [4.69, 9.17) is 0 Å². The molecule has 6 heteroatoms. The molecule has 0 aromatic heterocycles. The van der Waals surface area contributed by atoms with Crippen molar-refractivity contribution in [2.45, 2.75) is 32.2 Å². The lowest BCUT2D eigenvalue weighted by Crippen LogP contribution is -2.56. The Morgan fingerprint density at radius 1 is 1.05 bits per heavy atom. The SMILES string of the molecule is CC1CCCN(C(=O)N2CCCN(C)CC2)C1C(=O)O. The summed E-state index contributed by atoms with van der Waals surface area (Å²) in [6.45, 7) is 5.74. The van der Waals surface area contributed by atoms with Gasteiger partial charge in [0.2, 0.25) is 0 Å². The van der Waals surface area contributed by atoms with E-state index in [0.717, 1.165) is 38.9 Å². The van der Waals surface area contributed by atoms with E-state index in [1.165, 1.54) is 0 Å². The zero-order valence-electron chi connectivity index (χ0n) is 12.4. The molecule has 1 N–H and O–H groups in total. The lowest BCUT2D eigenvalue weighted by molar-refractivity contribution is -0.145. The number of urea groups is 1. The number of carboxylic acids is 1. The van der Waals surface area contributed by atoms with Gasteiger partial charge in [-0.15, -0.1) is 0 Å². The first-order chi connectivity index (χ1) is 9.50. The number of carbonyl (C=O) groups excluding carboxylic acids is 1. The van der Waals surface area contributed by atoms with Gasteiger partial charge < -0.3 is 19.8 Å². The van der Waals surface area contributed by atoms with Crippen LogP contribution in [-0.4, -0.2) is 77.6 Å². The maximum absolute atomic E-state index is 12.6. The van der Waals surface area contributed by atoms with Crippen LogP contribution in [0.25, 0.3) is 0 Å². The summed E-state index contributed by atoms with van der Waals surface area (Å²) in [6, 6.07) is -0.767. The number of aliphatic carboxylic acids is 1. The fraction of sp³-hybridized carbons (Fsp3) is 0.857. The Hall–Kier alpha value is -1.30. The number of hydrogen-bond acceptors (Lipinski definition) is 3. The second kappa shape index (κ2) is 6.43. The lowest BCUT2D eigenvalue weighted by Gasteiger charge is -2.39. The summed E-state index contributed by atoms with van der Waals surface area (Å²) in [5, 5.41) is 9.40. The molecule has 2 aliphatic rings. The average molecular weight is 283 g/mol. The molecule has 2 fully saturated rings. The molecule has 0 aliphatic carbocycles. The Balaban J connectivity index is 2.07. The van der Waals surface area contributed by atoms with Crippen LogP contribution in [0.5, 0.6) is 0 Å². The minimum absolute atomic E-state index is 0.0276. The zero-order chi connectivity index (χ0) is 14.7. The van der Waals surface area contributed by atoms with E-state index in [-0.39, 0.29) is 11.9 Å². The number of piperidine rings is 1. The molecule has 2 saturated heterocycles. The molecule has 0 aromatic rings. The summed E-state index contributed by atoms with van der Waals surface area (Å²) >= 11 is 0. The molecule has 0 aromatic carbocycles. The van der Waals surface area contributed by atoms with Gasteiger partial charge in [0.05, 0.1) is 0 Å². The number of carboxylic acid groups (broad SMARTS) is 1. The molecule has 6 nitrogen and oxygen atoms in total. The third-order valence-electron chi connectivity index (χ3n) is 4.42. The van der Waals surface area contributed by atoms with E-state index >= 15 is 0 Å². The number of likely N-dealkylation sites (tertiary alicyclic amines) is 1. The Morgan fingerprint density at radius 3 is 2.50 bits per heavy atom. The largest absolute Gasteiger partial charge is 0.480 e. The molecule has 2 atom stereocenters. The third kappa shape index (κ3) is 3.23. The van der Waals surface area contributed by atoms with E-state index in [0.29, 0.717) is 13.1 Å². The minimum atomic E-state index is -0.877. The highest BCUT2D eigenvalue weighted by Crippen LogP contribution is 2.25. The van der Waals surface area contributed by atoms with E-state index in [2.05, 4.69) is 11.9 Å². The van der Waals surface area contributed by atoms with Crippen molar-refractivity contribution in [1.82, 2.24) is 14.7 Å². The van der Waals surface area contributed by atoms with Gasteiger partial charge in [-0.25, -0.2) is 9.59 Å². The summed E-state index contributed by atoms with van der Waals surface area (Å²) in [7, 11) is 2.05. The summed E-state index contributed by atoms with van der Waals surface area (Å²) in [5.41, 5.74) is 0. The molecule has 0 saturated carbocycles. The van der Waals surface area contributed by atoms with Crippen LogP contribution < -0.4 is 0 Å². The topological polar surface area (TPSA) is 64.1 Å². The summed E-state index contributed by atoms with van der Waals surface area (Å²) in [4.78, 5) is 29.7. The van der Waals surface area contributed by atoms with E-state index in [9.17, 15) is 14.7 Å². The van der Waals surface area contributed by atoms with Crippen LogP contribution in [0, 0.1) is 5.92 Å². The molecule has 114 valence electrons. The summed E-state index contributed by atoms with van der Waals surface area (Å²) in [6.07, 6.45) is 2.72. The maximum Gasteiger partial charge on any atom is 0.326 e. The highest BCUT2D eigenvalue weighted by atomic mass is 16.4. The summed E-state index contributed by atoms with van der Waals surface area (Å²) in [5.74, 6) is -0.850. The second-order valence-electron chi connectivity index (χ2n) is 6.02. The van der Waals surface area contributed by atoms with Crippen molar-refractivity contribution >= 4 is 12.0 Å². The molecule has 0 spiro atoms. The predicted molar refractivity (Wildman–Crippen MR) is 75.6 cm³/mol. The second-order valence-corrected chi connectivity index (χ2v) is 6.02. The van der Waals surface area contributed by atoms with Crippen molar-refractivity contribution < 1.29 is 14.7 Å². The monoisotopic (exact) mass is 283 g/mol. The molecule has 2 rings (SSSR count). The number of hydrogen-bond donors (Lipinski definition) is 1. The number of amides is 2. The number of carbonyl (C=O) groups is 2. The summed E-state index contributed by atoms with van der Waals surface area (Å²) < 4.78 is 0. The highest BCUT2D eigenvalue weighted by Gasteiger charge is 2.38.